The van der Waals surface area contributed by atoms with Gasteiger partial charge >= 0.3 is 5.97 Å². The maximum Gasteiger partial charge on any atom is 0.326 e. The van der Waals surface area contributed by atoms with Gasteiger partial charge in [-0.25, -0.2) is 4.79 Å². The molecule has 0 rings (SSSR count). The molecule has 0 unspecified atom stereocenters. The molecule has 0 saturated carbocycles. The molecule has 8 heteroatoms. The number of carboxylic acid groups (broad SMARTS) is 1. The number of carbonyl (C=O) groups is 3. The summed E-state index contributed by atoms with van der Waals surface area (Å²) in [5.41, 5.74) is 5.88. The molecule has 0 spiro atoms. The van der Waals surface area contributed by atoms with E-state index < -0.39 is 30.0 Å². The molecule has 0 aliphatic carbocycles. The minimum absolute atomic E-state index is 0.134. The van der Waals surface area contributed by atoms with E-state index in [2.05, 4.69) is 10.6 Å². The number of carbonyl (C=O) groups excluding carboxylic acids is 2. The fraction of sp³-hybridized carbons (Fsp3) is 0.824. The maximum atomic E-state index is 12.6. The first-order valence-corrected chi connectivity index (χ1v) is 10.1. The first-order chi connectivity index (χ1) is 11.6. The summed E-state index contributed by atoms with van der Waals surface area (Å²) < 4.78 is 0. The van der Waals surface area contributed by atoms with Crippen molar-refractivity contribution in [1.82, 2.24) is 10.6 Å². The summed E-state index contributed by atoms with van der Waals surface area (Å²) in [6.07, 6.45) is 3.39. The van der Waals surface area contributed by atoms with E-state index in [0.29, 0.717) is 25.0 Å². The van der Waals surface area contributed by atoms with Gasteiger partial charge in [-0.05, 0) is 36.7 Å². The van der Waals surface area contributed by atoms with Crippen LogP contribution in [0.5, 0.6) is 0 Å². The van der Waals surface area contributed by atoms with Crippen molar-refractivity contribution >= 4 is 29.5 Å². The zero-order chi connectivity index (χ0) is 19.6. The Morgan fingerprint density at radius 3 is 2.16 bits per heavy atom. The van der Waals surface area contributed by atoms with Crippen molar-refractivity contribution in [3.63, 3.8) is 0 Å². The number of amides is 2. The van der Waals surface area contributed by atoms with Crippen molar-refractivity contribution in [2.24, 2.45) is 17.6 Å². The Morgan fingerprint density at radius 2 is 1.72 bits per heavy atom. The fourth-order valence-corrected chi connectivity index (χ4v) is 2.80. The van der Waals surface area contributed by atoms with Crippen LogP contribution in [-0.4, -0.2) is 53.0 Å². The Bertz CT molecular complexity index is 446. The highest BCUT2D eigenvalue weighted by Gasteiger charge is 2.30. The first kappa shape index (κ1) is 23.7. The third-order valence-corrected chi connectivity index (χ3v) is 4.72. The largest absolute Gasteiger partial charge is 0.480 e. The lowest BCUT2D eigenvalue weighted by atomic mass is 9.96. The van der Waals surface area contributed by atoms with Crippen molar-refractivity contribution in [3.8, 4) is 0 Å². The lowest BCUT2D eigenvalue weighted by molar-refractivity contribution is -0.142. The second-order valence-corrected chi connectivity index (χ2v) is 7.77. The predicted molar refractivity (Wildman–Crippen MR) is 101 cm³/mol. The number of hydrogen-bond acceptors (Lipinski definition) is 5. The molecular weight excluding hydrogens is 342 g/mol. The third-order valence-electron chi connectivity index (χ3n) is 4.08. The topological polar surface area (TPSA) is 122 Å². The normalized spacial score (nSPS) is 16.0. The van der Waals surface area contributed by atoms with Crippen LogP contribution < -0.4 is 16.4 Å². The van der Waals surface area contributed by atoms with Crippen LogP contribution in [0.25, 0.3) is 0 Å². The molecule has 0 aliphatic heterocycles. The van der Waals surface area contributed by atoms with Crippen LogP contribution in [0.1, 0.15) is 47.0 Å². The lowest BCUT2D eigenvalue weighted by Crippen LogP contribution is -2.56. The molecule has 4 atom stereocenters. The highest BCUT2D eigenvalue weighted by molar-refractivity contribution is 7.98. The van der Waals surface area contributed by atoms with E-state index in [1.54, 1.807) is 0 Å². The molecule has 25 heavy (non-hydrogen) atoms. The molecule has 0 heterocycles. The molecule has 0 aromatic carbocycles. The van der Waals surface area contributed by atoms with Crippen molar-refractivity contribution in [2.75, 3.05) is 12.0 Å². The second-order valence-electron chi connectivity index (χ2n) is 6.79. The van der Waals surface area contributed by atoms with E-state index in [0.717, 1.165) is 0 Å². The average Bonchev–Trinajstić information content (AvgIpc) is 2.54. The fourth-order valence-electron chi connectivity index (χ4n) is 2.33. The molecule has 0 bridgehead atoms. The van der Waals surface area contributed by atoms with Gasteiger partial charge in [-0.3, -0.25) is 9.59 Å². The molecule has 0 saturated heterocycles. The molecule has 0 aromatic rings. The molecule has 2 amide bonds. The monoisotopic (exact) mass is 375 g/mol. The average molecular weight is 376 g/mol. The van der Waals surface area contributed by atoms with Gasteiger partial charge in [-0.1, -0.05) is 34.1 Å². The van der Waals surface area contributed by atoms with Crippen LogP contribution in [-0.2, 0) is 14.4 Å². The highest BCUT2D eigenvalue weighted by Crippen LogP contribution is 2.11. The zero-order valence-corrected chi connectivity index (χ0v) is 16.7. The van der Waals surface area contributed by atoms with E-state index in [1.807, 2.05) is 34.0 Å². The van der Waals surface area contributed by atoms with Gasteiger partial charge in [0.1, 0.15) is 12.1 Å². The highest BCUT2D eigenvalue weighted by atomic mass is 32.2. The lowest BCUT2D eigenvalue weighted by Gasteiger charge is -2.27. The minimum Gasteiger partial charge on any atom is -0.480 e. The van der Waals surface area contributed by atoms with E-state index in [9.17, 15) is 19.5 Å². The summed E-state index contributed by atoms with van der Waals surface area (Å²) in [6.45, 7) is 7.69. The predicted octanol–water partition coefficient (Wildman–Crippen LogP) is 1.21. The smallest absolute Gasteiger partial charge is 0.326 e. The Balaban J connectivity index is 5.03. The van der Waals surface area contributed by atoms with Crippen molar-refractivity contribution in [2.45, 2.75) is 65.1 Å². The quantitative estimate of drug-likeness (QED) is 0.407. The van der Waals surface area contributed by atoms with Gasteiger partial charge in [0.2, 0.25) is 11.8 Å². The van der Waals surface area contributed by atoms with E-state index in [4.69, 9.17) is 5.73 Å². The maximum absolute atomic E-state index is 12.6. The summed E-state index contributed by atoms with van der Waals surface area (Å²) >= 11 is 1.51. The summed E-state index contributed by atoms with van der Waals surface area (Å²) in [5, 5.41) is 14.5. The summed E-state index contributed by atoms with van der Waals surface area (Å²) in [5.74, 6) is -1.19. The molecule has 7 nitrogen and oxygen atoms in total. The van der Waals surface area contributed by atoms with Gasteiger partial charge in [-0.2, -0.15) is 11.8 Å². The van der Waals surface area contributed by atoms with Gasteiger partial charge in [0.25, 0.3) is 0 Å². The van der Waals surface area contributed by atoms with Crippen LogP contribution in [0.3, 0.4) is 0 Å². The summed E-state index contributed by atoms with van der Waals surface area (Å²) in [4.78, 5) is 36.2. The minimum atomic E-state index is -1.08. The number of aliphatic carboxylic acids is 1. The third kappa shape index (κ3) is 9.11. The SMILES string of the molecule is CC[C@H](C)[C@H](NC(=O)[C@@H](N)CC(C)C)C(=O)N[C@@H](CCSC)C(=O)O. The van der Waals surface area contributed by atoms with Gasteiger partial charge < -0.3 is 21.5 Å². The number of thioether (sulfide) groups is 1. The molecule has 0 aromatic heterocycles. The number of nitrogens with one attached hydrogen (secondary N) is 2. The van der Waals surface area contributed by atoms with Crippen LogP contribution >= 0.6 is 11.8 Å². The van der Waals surface area contributed by atoms with E-state index in [-0.39, 0.29) is 17.7 Å². The molecule has 5 N–H and O–H groups in total. The van der Waals surface area contributed by atoms with Gasteiger partial charge in [0.15, 0.2) is 0 Å². The number of nitrogens with two attached hydrogens (primary N) is 1. The van der Waals surface area contributed by atoms with Crippen molar-refractivity contribution in [3.05, 3.63) is 0 Å². The van der Waals surface area contributed by atoms with Crippen LogP contribution in [0.2, 0.25) is 0 Å². The summed E-state index contributed by atoms with van der Waals surface area (Å²) in [6, 6.07) is -2.45. The van der Waals surface area contributed by atoms with Crippen LogP contribution in [0.4, 0.5) is 0 Å². The Morgan fingerprint density at radius 1 is 1.12 bits per heavy atom. The van der Waals surface area contributed by atoms with Crippen LogP contribution in [0.15, 0.2) is 0 Å². The Labute approximate surface area is 154 Å². The molecule has 0 radical (unpaired) electrons. The number of hydrogen-bond donors (Lipinski definition) is 4. The van der Waals surface area contributed by atoms with E-state index in [1.165, 1.54) is 11.8 Å². The standard InChI is InChI=1S/C17H33N3O4S/c1-6-11(4)14(20-15(21)12(18)9-10(2)3)16(22)19-13(17(23)24)7-8-25-5/h10-14H,6-9,18H2,1-5H3,(H,19,22)(H,20,21)(H,23,24)/t11-,12-,13-,14-/m0/s1. The van der Waals surface area contributed by atoms with Gasteiger partial charge in [0, 0.05) is 0 Å². The second kappa shape index (κ2) is 12.1. The number of carboxylic acids is 1. The van der Waals surface area contributed by atoms with Gasteiger partial charge in [-0.15, -0.1) is 0 Å². The van der Waals surface area contributed by atoms with Crippen molar-refractivity contribution in [1.29, 1.82) is 0 Å². The first-order valence-electron chi connectivity index (χ1n) is 8.72. The Kier molecular flexibility index (Phi) is 11.5. The van der Waals surface area contributed by atoms with Crippen LogP contribution in [0, 0.1) is 11.8 Å². The summed E-state index contributed by atoms with van der Waals surface area (Å²) in [7, 11) is 0. The molecule has 0 fully saturated rings. The Hall–Kier alpha value is -1.28. The number of rotatable bonds is 12. The zero-order valence-electron chi connectivity index (χ0n) is 15.9. The van der Waals surface area contributed by atoms with Crippen molar-refractivity contribution < 1.29 is 19.5 Å². The molecule has 146 valence electrons. The molecule has 0 aliphatic rings. The van der Waals surface area contributed by atoms with Gasteiger partial charge in [0.05, 0.1) is 6.04 Å². The molecular formula is C17H33N3O4S. The van der Waals surface area contributed by atoms with E-state index >= 15 is 0 Å².